The average molecular weight is 187 g/mol. The Labute approximate surface area is 73.1 Å². The number of methoxy groups -OCH3 is 1. The summed E-state index contributed by atoms with van der Waals surface area (Å²) in [7, 11) is 1.13. The first-order valence-corrected chi connectivity index (χ1v) is 3.39. The van der Waals surface area contributed by atoms with Crippen LogP contribution in [0.25, 0.3) is 0 Å². The summed E-state index contributed by atoms with van der Waals surface area (Å²) in [6, 6.07) is 1.89. The van der Waals surface area contributed by atoms with E-state index in [0.29, 0.717) is 0 Å². The SMILES string of the molecule is COc1c(C(N)=O)ccc(F)c1F. The molecule has 1 aromatic carbocycles. The van der Waals surface area contributed by atoms with Crippen molar-refractivity contribution in [2.45, 2.75) is 0 Å². The van der Waals surface area contributed by atoms with Gasteiger partial charge >= 0.3 is 0 Å². The van der Waals surface area contributed by atoms with Gasteiger partial charge in [0.1, 0.15) is 0 Å². The topological polar surface area (TPSA) is 52.3 Å². The van der Waals surface area contributed by atoms with Crippen molar-refractivity contribution in [2.24, 2.45) is 5.73 Å². The summed E-state index contributed by atoms with van der Waals surface area (Å²) in [6.07, 6.45) is 0. The van der Waals surface area contributed by atoms with Crippen LogP contribution in [0, 0.1) is 11.6 Å². The van der Waals surface area contributed by atoms with E-state index in [4.69, 9.17) is 5.73 Å². The predicted octanol–water partition coefficient (Wildman–Crippen LogP) is 1.07. The number of benzene rings is 1. The van der Waals surface area contributed by atoms with Crippen LogP contribution in [-0.4, -0.2) is 13.0 Å². The number of amides is 1. The second-order valence-corrected chi connectivity index (χ2v) is 2.31. The number of ether oxygens (including phenoxy) is 1. The summed E-state index contributed by atoms with van der Waals surface area (Å²) >= 11 is 0. The highest BCUT2D eigenvalue weighted by Crippen LogP contribution is 2.24. The zero-order valence-corrected chi connectivity index (χ0v) is 6.80. The van der Waals surface area contributed by atoms with E-state index in [1.807, 2.05) is 0 Å². The first-order chi connectivity index (χ1) is 6.07. The van der Waals surface area contributed by atoms with E-state index < -0.39 is 23.3 Å². The zero-order chi connectivity index (χ0) is 10.0. The Bertz CT molecular complexity index is 352. The molecule has 0 aliphatic heterocycles. The molecular formula is C8H7F2NO2. The minimum absolute atomic E-state index is 0.179. The predicted molar refractivity (Wildman–Crippen MR) is 41.4 cm³/mol. The first kappa shape index (κ1) is 9.44. The molecule has 0 fully saturated rings. The number of nitrogens with two attached hydrogens (primary N) is 1. The summed E-state index contributed by atoms with van der Waals surface area (Å²) in [5.41, 5.74) is 4.72. The number of carbonyl (C=O) groups excluding carboxylic acids is 1. The zero-order valence-electron chi connectivity index (χ0n) is 6.80. The van der Waals surface area contributed by atoms with Gasteiger partial charge in [-0.25, -0.2) is 4.39 Å². The Kier molecular flexibility index (Phi) is 2.46. The Morgan fingerprint density at radius 1 is 1.46 bits per heavy atom. The molecule has 0 aliphatic carbocycles. The molecule has 5 heteroatoms. The molecule has 0 radical (unpaired) electrons. The highest BCUT2D eigenvalue weighted by molar-refractivity contribution is 5.95. The van der Waals surface area contributed by atoms with Gasteiger partial charge in [-0.05, 0) is 12.1 Å². The van der Waals surface area contributed by atoms with Crippen molar-refractivity contribution in [2.75, 3.05) is 7.11 Å². The molecule has 0 bridgehead atoms. The number of hydrogen-bond acceptors (Lipinski definition) is 2. The third kappa shape index (κ3) is 1.58. The van der Waals surface area contributed by atoms with Crippen molar-refractivity contribution in [1.82, 2.24) is 0 Å². The minimum Gasteiger partial charge on any atom is -0.493 e. The fraction of sp³-hybridized carbons (Fsp3) is 0.125. The van der Waals surface area contributed by atoms with E-state index in [9.17, 15) is 13.6 Å². The first-order valence-electron chi connectivity index (χ1n) is 3.39. The van der Waals surface area contributed by atoms with Crippen molar-refractivity contribution in [3.8, 4) is 5.75 Å². The lowest BCUT2D eigenvalue weighted by Gasteiger charge is -2.06. The van der Waals surface area contributed by atoms with Crippen molar-refractivity contribution in [3.63, 3.8) is 0 Å². The maximum atomic E-state index is 12.9. The highest BCUT2D eigenvalue weighted by atomic mass is 19.2. The Balaban J connectivity index is 3.38. The van der Waals surface area contributed by atoms with Crippen molar-refractivity contribution >= 4 is 5.91 Å². The van der Waals surface area contributed by atoms with Gasteiger partial charge in [-0.15, -0.1) is 0 Å². The van der Waals surface area contributed by atoms with Crippen LogP contribution in [0.5, 0.6) is 5.75 Å². The average Bonchev–Trinajstić information content (AvgIpc) is 2.09. The molecule has 13 heavy (non-hydrogen) atoms. The molecule has 0 aromatic heterocycles. The van der Waals surface area contributed by atoms with Gasteiger partial charge < -0.3 is 10.5 Å². The molecule has 1 rings (SSSR count). The number of rotatable bonds is 2. The quantitative estimate of drug-likeness (QED) is 0.752. The van der Waals surface area contributed by atoms with Crippen LogP contribution in [0.2, 0.25) is 0 Å². The van der Waals surface area contributed by atoms with Crippen molar-refractivity contribution in [1.29, 1.82) is 0 Å². The van der Waals surface area contributed by atoms with Gasteiger partial charge in [0.15, 0.2) is 11.6 Å². The molecule has 0 spiro atoms. The summed E-state index contributed by atoms with van der Waals surface area (Å²) < 4.78 is 30.0. The van der Waals surface area contributed by atoms with Gasteiger partial charge in [-0.1, -0.05) is 0 Å². The molecule has 70 valence electrons. The van der Waals surface area contributed by atoms with E-state index in [0.717, 1.165) is 19.2 Å². The monoisotopic (exact) mass is 187 g/mol. The fourth-order valence-corrected chi connectivity index (χ4v) is 0.926. The minimum atomic E-state index is -1.21. The van der Waals surface area contributed by atoms with Crippen LogP contribution in [0.15, 0.2) is 12.1 Å². The van der Waals surface area contributed by atoms with E-state index >= 15 is 0 Å². The maximum absolute atomic E-state index is 12.9. The fourth-order valence-electron chi connectivity index (χ4n) is 0.926. The molecule has 1 amide bonds. The lowest BCUT2D eigenvalue weighted by molar-refractivity contribution is 0.0996. The van der Waals surface area contributed by atoms with Crippen LogP contribution >= 0.6 is 0 Å². The second-order valence-electron chi connectivity index (χ2n) is 2.31. The molecule has 0 saturated heterocycles. The Morgan fingerprint density at radius 2 is 2.08 bits per heavy atom. The standard InChI is InChI=1S/C8H7F2NO2/c1-13-7-4(8(11)12)2-3-5(9)6(7)10/h2-3H,1H3,(H2,11,12). The van der Waals surface area contributed by atoms with Gasteiger partial charge in [-0.3, -0.25) is 4.79 Å². The molecule has 0 unspecified atom stereocenters. The van der Waals surface area contributed by atoms with Crippen molar-refractivity contribution < 1.29 is 18.3 Å². The van der Waals surface area contributed by atoms with Crippen molar-refractivity contribution in [3.05, 3.63) is 29.3 Å². The van der Waals surface area contributed by atoms with Crippen LogP contribution in [0.1, 0.15) is 10.4 Å². The van der Waals surface area contributed by atoms with Gasteiger partial charge in [0, 0.05) is 0 Å². The Hall–Kier alpha value is -1.65. The largest absolute Gasteiger partial charge is 0.493 e. The van der Waals surface area contributed by atoms with Gasteiger partial charge in [0.2, 0.25) is 5.82 Å². The summed E-state index contributed by atoms with van der Waals surface area (Å²) in [5.74, 6) is -3.62. The maximum Gasteiger partial charge on any atom is 0.252 e. The van der Waals surface area contributed by atoms with Crippen LogP contribution in [0.4, 0.5) is 8.78 Å². The molecule has 1 aromatic rings. The molecule has 3 nitrogen and oxygen atoms in total. The number of hydrogen-bond donors (Lipinski definition) is 1. The molecular weight excluding hydrogens is 180 g/mol. The highest BCUT2D eigenvalue weighted by Gasteiger charge is 2.16. The van der Waals surface area contributed by atoms with Crippen LogP contribution in [0.3, 0.4) is 0 Å². The van der Waals surface area contributed by atoms with Gasteiger partial charge in [0.05, 0.1) is 12.7 Å². The normalized spacial score (nSPS) is 9.77. The third-order valence-corrected chi connectivity index (χ3v) is 1.52. The summed E-state index contributed by atoms with van der Waals surface area (Å²) in [5, 5.41) is 0. The molecule has 0 heterocycles. The summed E-state index contributed by atoms with van der Waals surface area (Å²) in [4.78, 5) is 10.7. The second kappa shape index (κ2) is 3.38. The van der Waals surface area contributed by atoms with E-state index in [-0.39, 0.29) is 5.56 Å². The van der Waals surface area contributed by atoms with E-state index in [1.165, 1.54) is 0 Å². The number of carbonyl (C=O) groups is 1. The third-order valence-electron chi connectivity index (χ3n) is 1.52. The summed E-state index contributed by atoms with van der Waals surface area (Å²) in [6.45, 7) is 0. The van der Waals surface area contributed by atoms with Crippen LogP contribution in [-0.2, 0) is 0 Å². The smallest absolute Gasteiger partial charge is 0.252 e. The van der Waals surface area contributed by atoms with Gasteiger partial charge in [0.25, 0.3) is 5.91 Å². The van der Waals surface area contributed by atoms with E-state index in [1.54, 1.807) is 0 Å². The number of halogens is 2. The van der Waals surface area contributed by atoms with E-state index in [2.05, 4.69) is 4.74 Å². The number of primary amides is 1. The Morgan fingerprint density at radius 3 is 2.54 bits per heavy atom. The molecule has 0 atom stereocenters. The van der Waals surface area contributed by atoms with Gasteiger partial charge in [-0.2, -0.15) is 4.39 Å². The lowest BCUT2D eigenvalue weighted by Crippen LogP contribution is -2.13. The molecule has 2 N–H and O–H groups in total. The lowest BCUT2D eigenvalue weighted by atomic mass is 10.2. The molecule has 0 aliphatic rings. The van der Waals surface area contributed by atoms with Crippen LogP contribution < -0.4 is 10.5 Å². The molecule has 0 saturated carbocycles.